The molecule has 0 amide bonds. The predicted molar refractivity (Wildman–Crippen MR) is 217 cm³/mol. The fourth-order valence-corrected chi connectivity index (χ4v) is 7.19. The van der Waals surface area contributed by atoms with Gasteiger partial charge in [0, 0.05) is 0 Å². The molecule has 1 rings (SSSR count). The molecule has 1 aromatic rings. The van der Waals surface area contributed by atoms with Crippen LogP contribution in [0, 0.1) is 0 Å². The second-order valence-corrected chi connectivity index (χ2v) is 15.3. The Labute approximate surface area is 311 Å². The topological polar surface area (TPSA) is 55.8 Å². The molecule has 0 fully saturated rings. The molecular formula is C46H84O4. The molecule has 0 aliphatic heterocycles. The average molecular weight is 701 g/mol. The number of carboxylic acid groups (broad SMARTS) is 1. The number of ether oxygens (including phenoxy) is 2. The highest BCUT2D eigenvalue weighted by Crippen LogP contribution is 2.33. The van der Waals surface area contributed by atoms with Crippen LogP contribution in [-0.2, 0) is 4.79 Å². The van der Waals surface area contributed by atoms with Crippen LogP contribution in [0.25, 0.3) is 0 Å². The fourth-order valence-electron chi connectivity index (χ4n) is 7.19. The molecule has 0 spiro atoms. The van der Waals surface area contributed by atoms with Crippen molar-refractivity contribution in [3.8, 4) is 11.5 Å². The highest BCUT2D eigenvalue weighted by atomic mass is 16.5. The summed E-state index contributed by atoms with van der Waals surface area (Å²) < 4.78 is 12.4. The number of benzene rings is 1. The zero-order valence-electron chi connectivity index (χ0n) is 33.7. The molecule has 1 aromatic carbocycles. The second-order valence-electron chi connectivity index (χ2n) is 15.3. The van der Waals surface area contributed by atoms with Gasteiger partial charge in [0.15, 0.2) is 11.5 Å². The standard InChI is InChI=1S/C46H84O4/c1-4-7-9-11-13-15-17-19-21-23-25-27-29-31-33-35-39-49-44-38-37-42(43(6-3)46(47)48)41-45(44)50-40-36-34-32-30-28-26-24-22-20-18-16-14-12-10-8-5-2/h37-38,41,43H,4-36,39-40H2,1-3H3,(H,47,48). The first-order valence-electron chi connectivity index (χ1n) is 22.3. The first-order chi connectivity index (χ1) is 24.6. The molecule has 0 aromatic heterocycles. The fraction of sp³-hybridized carbons (Fsp3) is 0.848. The zero-order valence-corrected chi connectivity index (χ0v) is 33.7. The minimum absolute atomic E-state index is 0.512. The van der Waals surface area contributed by atoms with Gasteiger partial charge in [0.2, 0.25) is 0 Å². The first-order valence-corrected chi connectivity index (χ1v) is 22.3. The normalized spacial score (nSPS) is 12.0. The largest absolute Gasteiger partial charge is 0.490 e. The molecule has 50 heavy (non-hydrogen) atoms. The predicted octanol–water partition coefficient (Wildman–Crippen LogP) is 15.5. The minimum atomic E-state index is -0.780. The monoisotopic (exact) mass is 701 g/mol. The third-order valence-electron chi connectivity index (χ3n) is 10.6. The van der Waals surface area contributed by atoms with E-state index >= 15 is 0 Å². The summed E-state index contributed by atoms with van der Waals surface area (Å²) in [6, 6.07) is 5.75. The van der Waals surface area contributed by atoms with Crippen molar-refractivity contribution >= 4 is 5.97 Å². The first kappa shape index (κ1) is 46.3. The molecule has 0 aliphatic carbocycles. The van der Waals surface area contributed by atoms with Gasteiger partial charge in [-0.05, 0) is 37.0 Å². The van der Waals surface area contributed by atoms with Crippen LogP contribution < -0.4 is 9.47 Å². The van der Waals surface area contributed by atoms with E-state index in [0.29, 0.717) is 25.4 Å². The maximum absolute atomic E-state index is 11.8. The van der Waals surface area contributed by atoms with Gasteiger partial charge in [-0.3, -0.25) is 4.79 Å². The van der Waals surface area contributed by atoms with Gasteiger partial charge in [-0.2, -0.15) is 0 Å². The molecule has 0 bridgehead atoms. The molecule has 0 radical (unpaired) electrons. The van der Waals surface area contributed by atoms with Gasteiger partial charge in [-0.25, -0.2) is 0 Å². The summed E-state index contributed by atoms with van der Waals surface area (Å²) in [7, 11) is 0. The Morgan fingerprint density at radius 1 is 0.460 bits per heavy atom. The molecule has 0 heterocycles. The average Bonchev–Trinajstić information content (AvgIpc) is 3.11. The van der Waals surface area contributed by atoms with Gasteiger partial charge in [0.25, 0.3) is 0 Å². The van der Waals surface area contributed by atoms with E-state index in [1.165, 1.54) is 193 Å². The van der Waals surface area contributed by atoms with Gasteiger partial charge >= 0.3 is 5.97 Å². The smallest absolute Gasteiger partial charge is 0.310 e. The summed E-state index contributed by atoms with van der Waals surface area (Å²) in [5.74, 6) is 0.173. The van der Waals surface area contributed by atoms with Crippen LogP contribution in [-0.4, -0.2) is 24.3 Å². The maximum atomic E-state index is 11.8. The van der Waals surface area contributed by atoms with Crippen LogP contribution in [0.2, 0.25) is 0 Å². The number of aliphatic carboxylic acids is 1. The van der Waals surface area contributed by atoms with E-state index in [4.69, 9.17) is 9.47 Å². The summed E-state index contributed by atoms with van der Waals surface area (Å²) in [5.41, 5.74) is 0.803. The lowest BCUT2D eigenvalue weighted by Crippen LogP contribution is -2.11. The lowest BCUT2D eigenvalue weighted by Gasteiger charge is -2.17. The number of unbranched alkanes of at least 4 members (excludes halogenated alkanes) is 30. The number of carboxylic acids is 1. The summed E-state index contributed by atoms with van der Waals surface area (Å²) in [6.45, 7) is 7.84. The number of hydrogen-bond donors (Lipinski definition) is 1. The quantitative estimate of drug-likeness (QED) is 0.0695. The highest BCUT2D eigenvalue weighted by molar-refractivity contribution is 5.76. The third kappa shape index (κ3) is 27.0. The van der Waals surface area contributed by atoms with Crippen LogP contribution in [0.4, 0.5) is 0 Å². The molecule has 1 unspecified atom stereocenters. The Morgan fingerprint density at radius 3 is 1.06 bits per heavy atom. The summed E-state index contributed by atoms with van der Waals surface area (Å²) >= 11 is 0. The van der Waals surface area contributed by atoms with Crippen LogP contribution in [0.1, 0.15) is 244 Å². The molecular weight excluding hydrogens is 617 g/mol. The Balaban J connectivity index is 2.19. The van der Waals surface area contributed by atoms with Crippen LogP contribution in [0.5, 0.6) is 11.5 Å². The Morgan fingerprint density at radius 2 is 0.760 bits per heavy atom. The number of carbonyl (C=O) groups is 1. The van der Waals surface area contributed by atoms with E-state index in [-0.39, 0.29) is 0 Å². The zero-order chi connectivity index (χ0) is 36.2. The Bertz CT molecular complexity index is 868. The van der Waals surface area contributed by atoms with Crippen molar-refractivity contribution in [3.63, 3.8) is 0 Å². The molecule has 1 N–H and O–H groups in total. The van der Waals surface area contributed by atoms with E-state index in [1.54, 1.807) is 0 Å². The molecule has 0 saturated carbocycles. The van der Waals surface area contributed by atoms with Gasteiger partial charge in [-0.15, -0.1) is 0 Å². The van der Waals surface area contributed by atoms with Crippen molar-refractivity contribution in [2.45, 2.75) is 239 Å². The SMILES string of the molecule is CCCCCCCCCCCCCCCCCCOc1ccc(C(CC)C(=O)O)cc1OCCCCCCCCCCCCCCCCCC. The van der Waals surface area contributed by atoms with Gasteiger partial charge in [-0.1, -0.05) is 219 Å². The van der Waals surface area contributed by atoms with E-state index in [9.17, 15) is 9.90 Å². The van der Waals surface area contributed by atoms with E-state index in [1.807, 2.05) is 25.1 Å². The van der Waals surface area contributed by atoms with Crippen molar-refractivity contribution < 1.29 is 19.4 Å². The van der Waals surface area contributed by atoms with Crippen LogP contribution in [0.15, 0.2) is 18.2 Å². The lowest BCUT2D eigenvalue weighted by molar-refractivity contribution is -0.138. The lowest BCUT2D eigenvalue weighted by atomic mass is 9.96. The van der Waals surface area contributed by atoms with Crippen molar-refractivity contribution in [2.75, 3.05) is 13.2 Å². The van der Waals surface area contributed by atoms with Gasteiger partial charge in [0.05, 0.1) is 19.1 Å². The van der Waals surface area contributed by atoms with Crippen molar-refractivity contribution in [1.29, 1.82) is 0 Å². The minimum Gasteiger partial charge on any atom is -0.490 e. The highest BCUT2D eigenvalue weighted by Gasteiger charge is 2.19. The number of rotatable bonds is 39. The third-order valence-corrected chi connectivity index (χ3v) is 10.6. The van der Waals surface area contributed by atoms with Crippen LogP contribution in [0.3, 0.4) is 0 Å². The number of hydrogen-bond acceptors (Lipinski definition) is 3. The van der Waals surface area contributed by atoms with Crippen LogP contribution >= 0.6 is 0 Å². The second kappa shape index (κ2) is 35.7. The van der Waals surface area contributed by atoms with E-state index < -0.39 is 11.9 Å². The summed E-state index contributed by atoms with van der Waals surface area (Å²) in [5, 5.41) is 9.71. The Kier molecular flexibility index (Phi) is 33.0. The van der Waals surface area contributed by atoms with Gasteiger partial charge < -0.3 is 14.6 Å². The van der Waals surface area contributed by atoms with Crippen molar-refractivity contribution in [3.05, 3.63) is 23.8 Å². The van der Waals surface area contributed by atoms with E-state index in [2.05, 4.69) is 13.8 Å². The Hall–Kier alpha value is -1.71. The van der Waals surface area contributed by atoms with E-state index in [0.717, 1.165) is 24.2 Å². The molecule has 292 valence electrons. The molecule has 0 aliphatic rings. The maximum Gasteiger partial charge on any atom is 0.310 e. The molecule has 0 saturated heterocycles. The van der Waals surface area contributed by atoms with Crippen molar-refractivity contribution in [2.24, 2.45) is 0 Å². The summed E-state index contributed by atoms with van der Waals surface area (Å²) in [4.78, 5) is 11.8. The van der Waals surface area contributed by atoms with Gasteiger partial charge in [0.1, 0.15) is 0 Å². The summed E-state index contributed by atoms with van der Waals surface area (Å²) in [6.07, 6.45) is 44.0. The molecule has 4 heteroatoms. The molecule has 1 atom stereocenters. The van der Waals surface area contributed by atoms with Crippen molar-refractivity contribution in [1.82, 2.24) is 0 Å². The molecule has 4 nitrogen and oxygen atoms in total.